The normalized spacial score (nSPS) is 20.9. The molecule has 0 aliphatic carbocycles. The highest BCUT2D eigenvalue weighted by atomic mass is 16.7. The first-order valence-electron chi connectivity index (χ1n) is 25.0. The first kappa shape index (κ1) is 56.9. The van der Waals surface area contributed by atoms with Crippen molar-refractivity contribution in [2.75, 3.05) is 13.2 Å². The monoisotopic (exact) mass is 860 g/mol. The molecule has 9 heteroatoms. The minimum absolute atomic E-state index is 0.196. The molecule has 1 heterocycles. The van der Waals surface area contributed by atoms with Crippen molar-refractivity contribution in [3.63, 3.8) is 0 Å². The summed E-state index contributed by atoms with van der Waals surface area (Å²) in [6, 6.07) is -0.827. The summed E-state index contributed by atoms with van der Waals surface area (Å²) in [5.74, 6) is -0.196. The van der Waals surface area contributed by atoms with Gasteiger partial charge in [-0.15, -0.1) is 0 Å². The predicted molar refractivity (Wildman–Crippen MR) is 253 cm³/mol. The van der Waals surface area contributed by atoms with Crippen LogP contribution in [0.3, 0.4) is 0 Å². The van der Waals surface area contributed by atoms with Gasteiger partial charge in [-0.1, -0.05) is 190 Å². The van der Waals surface area contributed by atoms with E-state index < -0.39 is 49.5 Å². The molecule has 1 amide bonds. The SMILES string of the molecule is CCCCCCC/C=C\C/C=C\C/C=C\CCCCCCCCCCC(=O)NC(COC1OC(CO)C(O)C(O)C1O)C(O)/C=C/CC/C=C/CCCCCCCCCCC. The van der Waals surface area contributed by atoms with Crippen LogP contribution < -0.4 is 5.32 Å². The third-order valence-electron chi connectivity index (χ3n) is 11.6. The predicted octanol–water partition coefficient (Wildman–Crippen LogP) is 11.2. The Balaban J connectivity index is 2.32. The van der Waals surface area contributed by atoms with Crippen molar-refractivity contribution in [3.8, 4) is 0 Å². The second-order valence-corrected chi connectivity index (χ2v) is 17.2. The Morgan fingerprint density at radius 3 is 1.49 bits per heavy atom. The molecule has 1 saturated heterocycles. The van der Waals surface area contributed by atoms with Crippen molar-refractivity contribution in [1.29, 1.82) is 0 Å². The summed E-state index contributed by atoms with van der Waals surface area (Å²) in [4.78, 5) is 13.0. The number of ether oxygens (including phenoxy) is 2. The number of unbranched alkanes of at least 4 members (excludes halogenated alkanes) is 23. The summed E-state index contributed by atoms with van der Waals surface area (Å²) in [5.41, 5.74) is 0. The van der Waals surface area contributed by atoms with Gasteiger partial charge in [0.1, 0.15) is 24.4 Å². The first-order chi connectivity index (χ1) is 29.8. The fourth-order valence-corrected chi connectivity index (χ4v) is 7.53. The maximum Gasteiger partial charge on any atom is 0.220 e. The summed E-state index contributed by atoms with van der Waals surface area (Å²) in [5, 5.41) is 54.2. The number of nitrogens with one attached hydrogen (secondary N) is 1. The van der Waals surface area contributed by atoms with Crippen LogP contribution in [-0.2, 0) is 14.3 Å². The van der Waals surface area contributed by atoms with Gasteiger partial charge in [-0.05, 0) is 70.6 Å². The lowest BCUT2D eigenvalue weighted by atomic mass is 9.99. The molecule has 0 radical (unpaired) electrons. The van der Waals surface area contributed by atoms with Gasteiger partial charge in [0, 0.05) is 6.42 Å². The number of rotatable bonds is 41. The average Bonchev–Trinajstić information content (AvgIpc) is 3.26. The molecule has 0 saturated carbocycles. The van der Waals surface area contributed by atoms with Crippen LogP contribution >= 0.6 is 0 Å². The molecule has 0 bridgehead atoms. The topological polar surface area (TPSA) is 149 Å². The highest BCUT2D eigenvalue weighted by Crippen LogP contribution is 2.22. The smallest absolute Gasteiger partial charge is 0.220 e. The van der Waals surface area contributed by atoms with E-state index >= 15 is 0 Å². The van der Waals surface area contributed by atoms with Gasteiger partial charge in [-0.25, -0.2) is 0 Å². The summed E-state index contributed by atoms with van der Waals surface area (Å²) in [6.45, 7) is 3.73. The van der Waals surface area contributed by atoms with Gasteiger partial charge in [0.2, 0.25) is 5.91 Å². The van der Waals surface area contributed by atoms with Crippen LogP contribution in [0.15, 0.2) is 60.8 Å². The van der Waals surface area contributed by atoms with Crippen molar-refractivity contribution in [1.82, 2.24) is 5.32 Å². The second kappa shape index (κ2) is 41.9. The van der Waals surface area contributed by atoms with Crippen LogP contribution in [0.1, 0.15) is 206 Å². The van der Waals surface area contributed by atoms with E-state index in [0.717, 1.165) is 64.2 Å². The molecule has 7 unspecified atom stereocenters. The molecule has 7 atom stereocenters. The molecule has 61 heavy (non-hydrogen) atoms. The third-order valence-corrected chi connectivity index (χ3v) is 11.6. The fraction of sp³-hybridized carbons (Fsp3) is 0.788. The van der Waals surface area contributed by atoms with Crippen molar-refractivity contribution < 1.29 is 39.8 Å². The summed E-state index contributed by atoms with van der Waals surface area (Å²) in [6.07, 6.45) is 48.3. The highest BCUT2D eigenvalue weighted by molar-refractivity contribution is 5.76. The van der Waals surface area contributed by atoms with Crippen LogP contribution in [-0.4, -0.2) is 87.5 Å². The van der Waals surface area contributed by atoms with Gasteiger partial charge in [0.15, 0.2) is 6.29 Å². The molecule has 0 spiro atoms. The van der Waals surface area contributed by atoms with E-state index in [9.17, 15) is 30.3 Å². The van der Waals surface area contributed by atoms with Crippen LogP contribution in [0.25, 0.3) is 0 Å². The van der Waals surface area contributed by atoms with Crippen molar-refractivity contribution in [3.05, 3.63) is 60.8 Å². The Bertz CT molecular complexity index is 1140. The highest BCUT2D eigenvalue weighted by Gasteiger charge is 2.44. The lowest BCUT2D eigenvalue weighted by Gasteiger charge is -2.40. The minimum atomic E-state index is -1.57. The van der Waals surface area contributed by atoms with Gasteiger partial charge in [0.25, 0.3) is 0 Å². The number of hydrogen-bond donors (Lipinski definition) is 6. The summed E-state index contributed by atoms with van der Waals surface area (Å²) < 4.78 is 11.2. The molecule has 0 aromatic rings. The van der Waals surface area contributed by atoms with Gasteiger partial charge < -0.3 is 40.3 Å². The number of carbonyl (C=O) groups is 1. The number of allylic oxidation sites excluding steroid dienone is 9. The Morgan fingerprint density at radius 1 is 0.557 bits per heavy atom. The molecule has 1 aliphatic rings. The van der Waals surface area contributed by atoms with Gasteiger partial charge in [-0.3, -0.25) is 4.79 Å². The van der Waals surface area contributed by atoms with E-state index in [1.54, 1.807) is 6.08 Å². The molecule has 6 N–H and O–H groups in total. The maximum absolute atomic E-state index is 13.0. The lowest BCUT2D eigenvalue weighted by Crippen LogP contribution is -2.60. The van der Waals surface area contributed by atoms with E-state index in [1.807, 2.05) is 6.08 Å². The first-order valence-corrected chi connectivity index (χ1v) is 25.0. The number of hydrogen-bond acceptors (Lipinski definition) is 8. The molecule has 0 aromatic heterocycles. The lowest BCUT2D eigenvalue weighted by molar-refractivity contribution is -0.302. The molecule has 0 aromatic carbocycles. The van der Waals surface area contributed by atoms with Crippen LogP contribution in [0.4, 0.5) is 0 Å². The maximum atomic E-state index is 13.0. The minimum Gasteiger partial charge on any atom is -0.394 e. The third kappa shape index (κ3) is 32.2. The van der Waals surface area contributed by atoms with E-state index in [4.69, 9.17) is 9.47 Å². The fourth-order valence-electron chi connectivity index (χ4n) is 7.53. The number of aliphatic hydroxyl groups excluding tert-OH is 5. The number of aliphatic hydroxyl groups is 5. The van der Waals surface area contributed by atoms with Gasteiger partial charge >= 0.3 is 0 Å². The zero-order valence-electron chi connectivity index (χ0n) is 38.9. The molecular formula is C52H93NO8. The quantitative estimate of drug-likeness (QED) is 0.0263. The van der Waals surface area contributed by atoms with E-state index in [0.29, 0.717) is 6.42 Å². The van der Waals surface area contributed by atoms with Crippen LogP contribution in [0.2, 0.25) is 0 Å². The summed E-state index contributed by atoms with van der Waals surface area (Å²) in [7, 11) is 0. The second-order valence-electron chi connectivity index (χ2n) is 17.2. The largest absolute Gasteiger partial charge is 0.394 e. The van der Waals surface area contributed by atoms with E-state index in [1.165, 1.54) is 122 Å². The molecule has 354 valence electrons. The van der Waals surface area contributed by atoms with Crippen molar-refractivity contribution >= 4 is 5.91 Å². The summed E-state index contributed by atoms with van der Waals surface area (Å²) >= 11 is 0. The van der Waals surface area contributed by atoms with Gasteiger partial charge in [-0.2, -0.15) is 0 Å². The zero-order valence-corrected chi connectivity index (χ0v) is 38.9. The Kier molecular flexibility index (Phi) is 39.1. The van der Waals surface area contributed by atoms with E-state index in [-0.39, 0.29) is 12.5 Å². The van der Waals surface area contributed by atoms with Crippen LogP contribution in [0.5, 0.6) is 0 Å². The number of carbonyl (C=O) groups excluding carboxylic acids is 1. The average molecular weight is 860 g/mol. The van der Waals surface area contributed by atoms with E-state index in [2.05, 4.69) is 67.8 Å². The number of amides is 1. The zero-order chi connectivity index (χ0) is 44.4. The van der Waals surface area contributed by atoms with Crippen molar-refractivity contribution in [2.24, 2.45) is 0 Å². The standard InChI is InChI=1S/C52H93NO8/c1-3-5-7-9-11-13-15-17-19-20-21-22-23-24-25-26-28-30-32-34-36-38-40-42-48(56)53-45(44-60-52-51(59)50(58)49(57)47(43-54)61-52)46(55)41-39-37-35-33-31-29-27-18-16-14-12-10-8-6-4-2/h15,17,20-21,23-24,31,33,39,41,45-47,49-52,54-55,57-59H,3-14,16,18-19,22,25-30,32,34-38,40,42-44H2,1-2H3,(H,53,56)/b17-15-,21-20-,24-23-,33-31+,41-39+. The molecule has 1 fully saturated rings. The Morgan fingerprint density at radius 2 is 0.984 bits per heavy atom. The van der Waals surface area contributed by atoms with Gasteiger partial charge in [0.05, 0.1) is 25.4 Å². The molecular weight excluding hydrogens is 767 g/mol. The molecule has 1 rings (SSSR count). The van der Waals surface area contributed by atoms with Crippen molar-refractivity contribution in [2.45, 2.75) is 249 Å². The molecule has 1 aliphatic heterocycles. The Labute approximate surface area is 373 Å². The molecule has 9 nitrogen and oxygen atoms in total. The Hall–Kier alpha value is -2.11. The van der Waals surface area contributed by atoms with Crippen LogP contribution in [0, 0.1) is 0 Å².